The van der Waals surface area contributed by atoms with Gasteiger partial charge in [-0.05, 0) is 38.2 Å². The highest BCUT2D eigenvalue weighted by Gasteiger charge is 2.04. The van der Waals surface area contributed by atoms with Gasteiger partial charge in [0.05, 0.1) is 0 Å². The van der Waals surface area contributed by atoms with E-state index in [1.165, 1.54) is 6.07 Å². The van der Waals surface area contributed by atoms with Gasteiger partial charge < -0.3 is 9.41 Å². The van der Waals surface area contributed by atoms with E-state index in [0.29, 0.717) is 11.3 Å². The molecule has 1 heterocycles. The van der Waals surface area contributed by atoms with Gasteiger partial charge in [0.1, 0.15) is 0 Å². The number of hydrogen-bond acceptors (Lipinski definition) is 3. The summed E-state index contributed by atoms with van der Waals surface area (Å²) in [5, 5.41) is 0. The molecule has 90 valence electrons. The summed E-state index contributed by atoms with van der Waals surface area (Å²) in [4.78, 5) is 14.4. The zero-order valence-corrected chi connectivity index (χ0v) is 11.7. The van der Waals surface area contributed by atoms with Crippen molar-refractivity contribution >= 4 is 21.3 Å². The van der Waals surface area contributed by atoms with Crippen LogP contribution in [0.15, 0.2) is 17.1 Å². The second-order valence-electron chi connectivity index (χ2n) is 3.68. The van der Waals surface area contributed by atoms with Crippen molar-refractivity contribution in [2.45, 2.75) is 32.5 Å². The van der Waals surface area contributed by atoms with Gasteiger partial charge in [0, 0.05) is 25.4 Å². The lowest BCUT2D eigenvalue weighted by Crippen LogP contribution is -2.22. The highest BCUT2D eigenvalue weighted by atomic mass is 32.1. The van der Waals surface area contributed by atoms with E-state index in [0.717, 1.165) is 19.1 Å². The molecule has 0 spiro atoms. The van der Waals surface area contributed by atoms with E-state index in [1.807, 2.05) is 6.92 Å². The summed E-state index contributed by atoms with van der Waals surface area (Å²) in [6.07, 6.45) is 2.54. The van der Waals surface area contributed by atoms with Crippen LogP contribution in [0.3, 0.4) is 0 Å². The van der Waals surface area contributed by atoms with E-state index in [2.05, 4.69) is 11.5 Å². The van der Waals surface area contributed by atoms with Crippen LogP contribution in [0.1, 0.15) is 13.3 Å². The summed E-state index contributed by atoms with van der Waals surface area (Å²) in [5.74, 6) is 0. The predicted molar refractivity (Wildman–Crippen MR) is 69.9 cm³/mol. The molecule has 0 saturated carbocycles. The van der Waals surface area contributed by atoms with Crippen molar-refractivity contribution < 1.29 is 4.43 Å². The van der Waals surface area contributed by atoms with Crippen LogP contribution >= 0.6 is 12.2 Å². The first-order valence-electron chi connectivity index (χ1n) is 5.55. The summed E-state index contributed by atoms with van der Waals surface area (Å²) in [7, 11) is -1.03. The van der Waals surface area contributed by atoms with Gasteiger partial charge in [-0.15, -0.1) is 0 Å². The summed E-state index contributed by atoms with van der Waals surface area (Å²) in [5.41, 5.74) is -0.0329. The monoisotopic (exact) mass is 258 g/mol. The molecule has 1 unspecified atom stereocenters. The maximum Gasteiger partial charge on any atom is 0.254 e. The molecule has 0 aliphatic rings. The fraction of sp³-hybridized carbons (Fsp3) is 0.600. The van der Waals surface area contributed by atoms with Crippen molar-refractivity contribution in [1.29, 1.82) is 0 Å². The standard InChI is InChI=1S/C10H18N2O2SSi/c1-3-14-16(2)8-4-7-12-9(13)5-6-11-10(12)15/h5-6,16H,3-4,7-8H2,1-2H3,(H,11,15). The zero-order chi connectivity index (χ0) is 12.0. The summed E-state index contributed by atoms with van der Waals surface area (Å²) in [6.45, 7) is 5.66. The van der Waals surface area contributed by atoms with Crippen LogP contribution in [0.25, 0.3) is 0 Å². The molecule has 0 aliphatic carbocycles. The van der Waals surface area contributed by atoms with E-state index < -0.39 is 9.04 Å². The number of aromatic amines is 1. The van der Waals surface area contributed by atoms with Gasteiger partial charge >= 0.3 is 0 Å². The molecular formula is C10H18N2O2SSi. The minimum atomic E-state index is -1.03. The highest BCUT2D eigenvalue weighted by molar-refractivity contribution is 7.71. The van der Waals surface area contributed by atoms with Gasteiger partial charge in [-0.3, -0.25) is 9.36 Å². The predicted octanol–water partition coefficient (Wildman–Crippen LogP) is 1.69. The van der Waals surface area contributed by atoms with Gasteiger partial charge in [-0.25, -0.2) is 0 Å². The van der Waals surface area contributed by atoms with Crippen molar-refractivity contribution in [3.63, 3.8) is 0 Å². The van der Waals surface area contributed by atoms with E-state index in [-0.39, 0.29) is 5.56 Å². The lowest BCUT2D eigenvalue weighted by molar-refractivity contribution is 0.344. The van der Waals surface area contributed by atoms with Crippen molar-refractivity contribution in [3.05, 3.63) is 27.4 Å². The number of aromatic nitrogens is 2. The number of hydrogen-bond donors (Lipinski definition) is 1. The van der Waals surface area contributed by atoms with Gasteiger partial charge in [-0.1, -0.05) is 0 Å². The minimum Gasteiger partial charge on any atom is -0.421 e. The highest BCUT2D eigenvalue weighted by Crippen LogP contribution is 2.01. The Morgan fingerprint density at radius 1 is 1.62 bits per heavy atom. The van der Waals surface area contributed by atoms with E-state index in [4.69, 9.17) is 16.6 Å². The Morgan fingerprint density at radius 3 is 3.00 bits per heavy atom. The Kier molecular flexibility index (Phi) is 5.65. The Bertz CT molecular complexity index is 401. The van der Waals surface area contributed by atoms with Gasteiger partial charge in [-0.2, -0.15) is 0 Å². The molecular weight excluding hydrogens is 240 g/mol. The summed E-state index contributed by atoms with van der Waals surface area (Å²) < 4.78 is 7.66. The lowest BCUT2D eigenvalue weighted by Gasteiger charge is -2.10. The normalized spacial score (nSPS) is 12.6. The molecule has 4 nitrogen and oxygen atoms in total. The zero-order valence-electron chi connectivity index (χ0n) is 9.73. The molecule has 0 radical (unpaired) electrons. The second-order valence-corrected chi connectivity index (χ2v) is 6.60. The molecule has 16 heavy (non-hydrogen) atoms. The summed E-state index contributed by atoms with van der Waals surface area (Å²) >= 11 is 5.06. The Morgan fingerprint density at radius 2 is 2.38 bits per heavy atom. The van der Waals surface area contributed by atoms with Crippen LogP contribution in [0.2, 0.25) is 12.6 Å². The molecule has 0 amide bonds. The Balaban J connectivity index is 2.49. The fourth-order valence-electron chi connectivity index (χ4n) is 1.57. The Hall–Kier alpha value is -0.723. The summed E-state index contributed by atoms with van der Waals surface area (Å²) in [6, 6.07) is 2.57. The molecule has 1 aromatic rings. The lowest BCUT2D eigenvalue weighted by atomic mass is 10.4. The molecule has 0 saturated heterocycles. The molecule has 0 aliphatic heterocycles. The van der Waals surface area contributed by atoms with Gasteiger partial charge in [0.15, 0.2) is 13.8 Å². The van der Waals surface area contributed by atoms with E-state index >= 15 is 0 Å². The number of H-pyrrole nitrogens is 1. The molecule has 1 atom stereocenters. The van der Waals surface area contributed by atoms with Crippen LogP contribution in [0.4, 0.5) is 0 Å². The average Bonchev–Trinajstić information content (AvgIpc) is 2.23. The first-order valence-corrected chi connectivity index (χ1v) is 8.40. The van der Waals surface area contributed by atoms with Crippen LogP contribution in [0.5, 0.6) is 0 Å². The third-order valence-electron chi connectivity index (χ3n) is 2.39. The van der Waals surface area contributed by atoms with Crippen molar-refractivity contribution in [3.8, 4) is 0 Å². The number of nitrogens with one attached hydrogen (secondary N) is 1. The Labute approximate surface area is 102 Å². The van der Waals surface area contributed by atoms with Crippen LogP contribution in [-0.4, -0.2) is 25.2 Å². The first kappa shape index (κ1) is 13.3. The molecule has 1 N–H and O–H groups in total. The molecule has 0 aromatic carbocycles. The topological polar surface area (TPSA) is 47.0 Å². The van der Waals surface area contributed by atoms with Crippen molar-refractivity contribution in [1.82, 2.24) is 9.55 Å². The fourth-order valence-corrected chi connectivity index (χ4v) is 3.31. The molecule has 0 bridgehead atoms. The van der Waals surface area contributed by atoms with Gasteiger partial charge in [0.25, 0.3) is 5.56 Å². The van der Waals surface area contributed by atoms with Crippen molar-refractivity contribution in [2.75, 3.05) is 6.61 Å². The minimum absolute atomic E-state index is 0.0329. The average molecular weight is 258 g/mol. The molecule has 1 aromatic heterocycles. The maximum absolute atomic E-state index is 11.5. The quantitative estimate of drug-likeness (QED) is 0.624. The van der Waals surface area contributed by atoms with Crippen LogP contribution in [-0.2, 0) is 11.0 Å². The largest absolute Gasteiger partial charge is 0.421 e. The maximum atomic E-state index is 11.5. The van der Waals surface area contributed by atoms with E-state index in [1.54, 1.807) is 10.8 Å². The van der Waals surface area contributed by atoms with Crippen molar-refractivity contribution in [2.24, 2.45) is 0 Å². The van der Waals surface area contributed by atoms with E-state index in [9.17, 15) is 4.79 Å². The smallest absolute Gasteiger partial charge is 0.254 e. The van der Waals surface area contributed by atoms with Crippen LogP contribution in [0, 0.1) is 4.77 Å². The number of rotatable bonds is 6. The van der Waals surface area contributed by atoms with Gasteiger partial charge in [0.2, 0.25) is 0 Å². The third kappa shape index (κ3) is 4.03. The first-order chi connectivity index (χ1) is 7.65. The molecule has 0 fully saturated rings. The molecule has 6 heteroatoms. The van der Waals surface area contributed by atoms with Crippen LogP contribution < -0.4 is 5.56 Å². The number of nitrogens with zero attached hydrogens (tertiary/aromatic N) is 1. The SMILES string of the molecule is CCO[SiH](C)CCCn1c(=O)cc[nH]c1=S. The second kappa shape index (κ2) is 6.77. The molecule has 1 rings (SSSR count). The third-order valence-corrected chi connectivity index (χ3v) is 4.85.